The molecule has 0 aliphatic carbocycles. The van der Waals surface area contributed by atoms with Gasteiger partial charge in [0.25, 0.3) is 5.91 Å². The number of carbonyl (C=O) groups is 2. The molecular formula is C16H14Cl2N2O5. The van der Waals surface area contributed by atoms with Crippen molar-refractivity contribution in [2.75, 3.05) is 12.4 Å². The first kappa shape index (κ1) is 18.9. The van der Waals surface area contributed by atoms with E-state index in [-0.39, 0.29) is 22.0 Å². The Morgan fingerprint density at radius 2 is 1.88 bits per heavy atom. The normalized spacial score (nSPS) is 11.5. The van der Waals surface area contributed by atoms with Crippen molar-refractivity contribution in [3.05, 3.63) is 52.5 Å². The van der Waals surface area contributed by atoms with Crippen LogP contribution in [0.25, 0.3) is 0 Å². The van der Waals surface area contributed by atoms with Crippen LogP contribution in [-0.4, -0.2) is 29.8 Å². The van der Waals surface area contributed by atoms with Gasteiger partial charge in [0.2, 0.25) is 5.69 Å². The standard InChI is InChI=1S/C16H14Cl2N2O5/c1-24-13-11(15(22)23)6-9(17)7-12(13)20-14(21)8-2-4-10(5-3-8)25-16(18)19/h2-7,16H,19H2,1H3,(H,20,21)(H,22,23). The van der Waals surface area contributed by atoms with E-state index in [0.29, 0.717) is 11.3 Å². The summed E-state index contributed by atoms with van der Waals surface area (Å²) in [6, 6.07) is 8.68. The van der Waals surface area contributed by atoms with E-state index in [4.69, 9.17) is 38.4 Å². The van der Waals surface area contributed by atoms with Crippen molar-refractivity contribution in [2.45, 2.75) is 5.69 Å². The smallest absolute Gasteiger partial charge is 0.339 e. The molecule has 0 saturated carbocycles. The number of carboxylic acid groups (broad SMARTS) is 1. The summed E-state index contributed by atoms with van der Waals surface area (Å²) in [5.41, 5.74) is 4.58. The van der Waals surface area contributed by atoms with E-state index in [2.05, 4.69) is 5.32 Å². The zero-order chi connectivity index (χ0) is 18.6. The van der Waals surface area contributed by atoms with Crippen molar-refractivity contribution in [3.8, 4) is 11.5 Å². The number of methoxy groups -OCH3 is 1. The molecule has 1 atom stereocenters. The van der Waals surface area contributed by atoms with Gasteiger partial charge in [0.05, 0.1) is 12.8 Å². The lowest BCUT2D eigenvalue weighted by Gasteiger charge is -2.13. The second-order valence-corrected chi connectivity index (χ2v) is 5.65. The summed E-state index contributed by atoms with van der Waals surface area (Å²) >= 11 is 11.4. The lowest BCUT2D eigenvalue weighted by atomic mass is 10.1. The highest BCUT2D eigenvalue weighted by Crippen LogP contribution is 2.33. The van der Waals surface area contributed by atoms with Gasteiger partial charge in [0, 0.05) is 10.6 Å². The summed E-state index contributed by atoms with van der Waals surface area (Å²) in [7, 11) is 1.30. The topological polar surface area (TPSA) is 111 Å². The van der Waals surface area contributed by atoms with Crippen LogP contribution in [0.5, 0.6) is 11.5 Å². The summed E-state index contributed by atoms with van der Waals surface area (Å²) in [6.07, 6.45) is 0. The average Bonchev–Trinajstić information content (AvgIpc) is 2.54. The molecule has 25 heavy (non-hydrogen) atoms. The molecule has 0 heterocycles. The van der Waals surface area contributed by atoms with E-state index in [1.54, 1.807) is 0 Å². The van der Waals surface area contributed by atoms with Gasteiger partial charge in [-0.2, -0.15) is 0 Å². The van der Waals surface area contributed by atoms with Crippen molar-refractivity contribution >= 4 is 40.8 Å². The molecule has 132 valence electrons. The maximum absolute atomic E-state index is 12.4. The predicted octanol–water partition coefficient (Wildman–Crippen LogP) is 3.16. The molecular weight excluding hydrogens is 371 g/mol. The molecule has 0 spiro atoms. The van der Waals surface area contributed by atoms with Crippen LogP contribution in [0.15, 0.2) is 36.4 Å². The summed E-state index contributed by atoms with van der Waals surface area (Å²) in [4.78, 5) is 23.6. The first-order valence-corrected chi connectivity index (χ1v) is 7.72. The van der Waals surface area contributed by atoms with Gasteiger partial charge in [-0.1, -0.05) is 23.2 Å². The van der Waals surface area contributed by atoms with E-state index < -0.39 is 17.6 Å². The molecule has 2 aromatic rings. The second-order valence-electron chi connectivity index (χ2n) is 4.79. The summed E-state index contributed by atoms with van der Waals surface area (Å²) in [5, 5.41) is 11.9. The van der Waals surface area contributed by atoms with E-state index in [9.17, 15) is 14.7 Å². The Balaban J connectivity index is 2.27. The van der Waals surface area contributed by atoms with Gasteiger partial charge in [-0.3, -0.25) is 10.5 Å². The third-order valence-electron chi connectivity index (χ3n) is 3.10. The van der Waals surface area contributed by atoms with Crippen molar-refractivity contribution in [1.29, 1.82) is 0 Å². The minimum Gasteiger partial charge on any atom is -0.494 e. The SMILES string of the molecule is COc1c(NC(=O)c2ccc(OC(N)Cl)cc2)cc(Cl)cc1C(=O)O. The molecule has 4 N–H and O–H groups in total. The van der Waals surface area contributed by atoms with Crippen LogP contribution in [0.1, 0.15) is 20.7 Å². The van der Waals surface area contributed by atoms with Gasteiger partial charge in [-0.25, -0.2) is 4.79 Å². The summed E-state index contributed by atoms with van der Waals surface area (Å²) < 4.78 is 10.2. The number of hydrogen-bond acceptors (Lipinski definition) is 5. The third kappa shape index (κ3) is 4.76. The minimum atomic E-state index is -1.23. The zero-order valence-corrected chi connectivity index (χ0v) is 14.5. The fourth-order valence-electron chi connectivity index (χ4n) is 2.07. The Morgan fingerprint density at radius 3 is 2.40 bits per heavy atom. The van der Waals surface area contributed by atoms with Crippen molar-refractivity contribution in [3.63, 3.8) is 0 Å². The Bertz CT molecular complexity index is 794. The van der Waals surface area contributed by atoms with E-state index in [0.717, 1.165) is 0 Å². The predicted molar refractivity (Wildman–Crippen MR) is 93.8 cm³/mol. The van der Waals surface area contributed by atoms with Crippen LogP contribution < -0.4 is 20.5 Å². The van der Waals surface area contributed by atoms with Gasteiger partial charge in [-0.15, -0.1) is 0 Å². The molecule has 0 radical (unpaired) electrons. The lowest BCUT2D eigenvalue weighted by molar-refractivity contribution is 0.0693. The third-order valence-corrected chi connectivity index (χ3v) is 3.41. The number of benzene rings is 2. The molecule has 2 rings (SSSR count). The minimum absolute atomic E-state index is 0.00156. The number of halogens is 2. The molecule has 1 unspecified atom stereocenters. The fourth-order valence-corrected chi connectivity index (χ4v) is 2.40. The van der Waals surface area contributed by atoms with Crippen molar-refractivity contribution < 1.29 is 24.2 Å². The monoisotopic (exact) mass is 384 g/mol. The van der Waals surface area contributed by atoms with E-state index >= 15 is 0 Å². The number of anilines is 1. The summed E-state index contributed by atoms with van der Waals surface area (Å²) in [6.45, 7) is 0. The van der Waals surface area contributed by atoms with Crippen LogP contribution in [0.4, 0.5) is 5.69 Å². The Hall–Kier alpha value is -2.48. The molecule has 0 aromatic heterocycles. The van der Waals surface area contributed by atoms with Crippen molar-refractivity contribution in [2.24, 2.45) is 5.73 Å². The molecule has 0 aliphatic heterocycles. The number of amides is 1. The Morgan fingerprint density at radius 1 is 1.24 bits per heavy atom. The molecule has 9 heteroatoms. The van der Waals surface area contributed by atoms with E-state index in [1.807, 2.05) is 0 Å². The number of rotatable bonds is 6. The molecule has 0 saturated heterocycles. The first-order chi connectivity index (χ1) is 11.8. The number of hydrogen-bond donors (Lipinski definition) is 3. The quantitative estimate of drug-likeness (QED) is 0.400. The number of carbonyl (C=O) groups excluding carboxylic acids is 1. The Kier molecular flexibility index (Phi) is 6.08. The highest BCUT2D eigenvalue weighted by Gasteiger charge is 2.19. The lowest BCUT2D eigenvalue weighted by Crippen LogP contribution is -2.19. The van der Waals surface area contributed by atoms with Gasteiger partial charge >= 0.3 is 5.97 Å². The molecule has 0 bridgehead atoms. The fraction of sp³-hybridized carbons (Fsp3) is 0.125. The van der Waals surface area contributed by atoms with Crippen molar-refractivity contribution in [1.82, 2.24) is 0 Å². The van der Waals surface area contributed by atoms with Crippen LogP contribution in [0.2, 0.25) is 5.02 Å². The van der Waals surface area contributed by atoms with Crippen LogP contribution in [0.3, 0.4) is 0 Å². The van der Waals surface area contributed by atoms with Crippen LogP contribution in [-0.2, 0) is 0 Å². The molecule has 2 aromatic carbocycles. The maximum atomic E-state index is 12.4. The number of nitrogens with one attached hydrogen (secondary N) is 1. The average molecular weight is 385 g/mol. The molecule has 7 nitrogen and oxygen atoms in total. The molecule has 1 amide bonds. The van der Waals surface area contributed by atoms with Crippen LogP contribution in [0, 0.1) is 0 Å². The maximum Gasteiger partial charge on any atom is 0.339 e. The highest BCUT2D eigenvalue weighted by molar-refractivity contribution is 6.31. The number of ether oxygens (including phenoxy) is 2. The zero-order valence-electron chi connectivity index (χ0n) is 13.0. The highest BCUT2D eigenvalue weighted by atomic mass is 35.5. The number of aromatic carboxylic acids is 1. The van der Waals surface area contributed by atoms with Gasteiger partial charge < -0.3 is 19.9 Å². The van der Waals surface area contributed by atoms with E-state index in [1.165, 1.54) is 43.5 Å². The number of nitrogens with two attached hydrogens (primary N) is 1. The van der Waals surface area contributed by atoms with Gasteiger partial charge in [-0.05, 0) is 36.4 Å². The Labute approximate surface area is 153 Å². The summed E-state index contributed by atoms with van der Waals surface area (Å²) in [5.74, 6) is -1.32. The number of carboxylic acids is 1. The van der Waals surface area contributed by atoms with Crippen LogP contribution >= 0.6 is 23.2 Å². The van der Waals surface area contributed by atoms with Gasteiger partial charge in [0.1, 0.15) is 11.3 Å². The van der Waals surface area contributed by atoms with Gasteiger partial charge in [0.15, 0.2) is 5.75 Å². The first-order valence-electron chi connectivity index (χ1n) is 6.90. The molecule has 0 fully saturated rings. The molecule has 0 aliphatic rings. The second kappa shape index (κ2) is 8.06. The number of alkyl halides is 1. The largest absolute Gasteiger partial charge is 0.494 e.